The third-order valence-corrected chi connectivity index (χ3v) is 4.02. The van der Waals surface area contributed by atoms with Crippen molar-refractivity contribution in [2.45, 2.75) is 32.4 Å². The first-order valence-electron chi connectivity index (χ1n) is 7.25. The minimum absolute atomic E-state index is 0.694. The molecule has 1 aliphatic rings. The maximum Gasteiger partial charge on any atom is 0.121 e. The highest BCUT2D eigenvalue weighted by Crippen LogP contribution is 2.16. The van der Waals surface area contributed by atoms with Gasteiger partial charge in [0.1, 0.15) is 5.82 Å². The molecule has 0 bridgehead atoms. The maximum absolute atomic E-state index is 4.68. The monoisotopic (exact) mass is 258 g/mol. The lowest BCUT2D eigenvalue weighted by atomic mass is 10.0. The second-order valence-electron chi connectivity index (χ2n) is 5.24. The number of piperidine rings is 1. The fourth-order valence-electron chi connectivity index (χ4n) is 2.94. The highest BCUT2D eigenvalue weighted by molar-refractivity contribution is 5.74. The molecule has 1 aromatic carbocycles. The first kappa shape index (κ1) is 12.6. The van der Waals surface area contributed by atoms with Crippen LogP contribution in [0.25, 0.3) is 11.0 Å². The van der Waals surface area contributed by atoms with Gasteiger partial charge in [0.25, 0.3) is 0 Å². The van der Waals surface area contributed by atoms with Crippen molar-refractivity contribution in [1.82, 2.24) is 20.2 Å². The van der Waals surface area contributed by atoms with Gasteiger partial charge in [-0.2, -0.15) is 0 Å². The molecule has 19 heavy (non-hydrogen) atoms. The second kappa shape index (κ2) is 5.72. The van der Waals surface area contributed by atoms with Crippen molar-refractivity contribution >= 4 is 11.0 Å². The highest BCUT2D eigenvalue weighted by atomic mass is 15.2. The lowest BCUT2D eigenvalue weighted by Crippen LogP contribution is -2.42. The van der Waals surface area contributed by atoms with Crippen molar-refractivity contribution in [1.29, 1.82) is 0 Å². The number of rotatable bonds is 4. The summed E-state index contributed by atoms with van der Waals surface area (Å²) in [6.45, 7) is 6.53. The van der Waals surface area contributed by atoms with Crippen LogP contribution in [0.2, 0.25) is 0 Å². The predicted octanol–water partition coefficient (Wildman–Crippen LogP) is 2.14. The minimum Gasteiger partial charge on any atom is -0.341 e. The fourth-order valence-corrected chi connectivity index (χ4v) is 2.94. The number of nitrogens with zero attached hydrogens (tertiary/aromatic N) is 2. The number of hydrogen-bond donors (Lipinski definition) is 2. The first-order valence-corrected chi connectivity index (χ1v) is 7.25. The Labute approximate surface area is 114 Å². The molecular weight excluding hydrogens is 236 g/mol. The third-order valence-electron chi connectivity index (χ3n) is 4.02. The van der Waals surface area contributed by atoms with Crippen molar-refractivity contribution in [2.24, 2.45) is 0 Å². The van der Waals surface area contributed by atoms with Gasteiger partial charge < -0.3 is 10.3 Å². The topological polar surface area (TPSA) is 44.0 Å². The molecule has 3 rings (SSSR count). The van der Waals surface area contributed by atoms with E-state index in [2.05, 4.69) is 45.3 Å². The van der Waals surface area contributed by atoms with Gasteiger partial charge in [0.05, 0.1) is 17.6 Å². The first-order chi connectivity index (χ1) is 9.36. The third kappa shape index (κ3) is 2.80. The number of hydrogen-bond acceptors (Lipinski definition) is 3. The molecule has 1 aromatic heterocycles. The Bertz CT molecular complexity index is 495. The minimum atomic E-state index is 0.694. The molecule has 2 heterocycles. The Hall–Kier alpha value is -1.39. The fraction of sp³-hybridized carbons (Fsp3) is 0.533. The predicted molar refractivity (Wildman–Crippen MR) is 78.1 cm³/mol. The largest absolute Gasteiger partial charge is 0.341 e. The van der Waals surface area contributed by atoms with Crippen molar-refractivity contribution in [2.75, 3.05) is 19.6 Å². The smallest absolute Gasteiger partial charge is 0.121 e. The highest BCUT2D eigenvalue weighted by Gasteiger charge is 2.20. The summed E-state index contributed by atoms with van der Waals surface area (Å²) in [6.07, 6.45) is 2.49. The summed E-state index contributed by atoms with van der Waals surface area (Å²) in [4.78, 5) is 10.7. The Morgan fingerprint density at radius 1 is 1.26 bits per heavy atom. The molecule has 0 atom stereocenters. The summed E-state index contributed by atoms with van der Waals surface area (Å²) < 4.78 is 0. The van der Waals surface area contributed by atoms with E-state index in [0.717, 1.165) is 43.0 Å². The van der Waals surface area contributed by atoms with Gasteiger partial charge in [0.2, 0.25) is 0 Å². The molecule has 0 aliphatic carbocycles. The molecule has 4 nitrogen and oxygen atoms in total. The van der Waals surface area contributed by atoms with E-state index in [1.807, 2.05) is 6.07 Å². The molecule has 0 radical (unpaired) electrons. The van der Waals surface area contributed by atoms with Crippen LogP contribution < -0.4 is 5.32 Å². The molecule has 102 valence electrons. The molecule has 1 fully saturated rings. The molecule has 0 unspecified atom stereocenters. The van der Waals surface area contributed by atoms with Gasteiger partial charge in [-0.25, -0.2) is 4.98 Å². The summed E-state index contributed by atoms with van der Waals surface area (Å²) in [5, 5.41) is 3.43. The summed E-state index contributed by atoms with van der Waals surface area (Å²) >= 11 is 0. The normalized spacial score (nSPS) is 17.4. The molecule has 2 N–H and O–H groups in total. The van der Waals surface area contributed by atoms with Gasteiger partial charge >= 0.3 is 0 Å². The van der Waals surface area contributed by atoms with E-state index in [-0.39, 0.29) is 0 Å². The number of H-pyrrole nitrogens is 1. The quantitative estimate of drug-likeness (QED) is 0.883. The van der Waals surface area contributed by atoms with E-state index in [9.17, 15) is 0 Å². The number of imidazole rings is 1. The molecular formula is C15H22N4. The molecule has 1 aliphatic heterocycles. The van der Waals surface area contributed by atoms with Gasteiger partial charge in [-0.1, -0.05) is 19.1 Å². The Morgan fingerprint density at radius 2 is 2.05 bits per heavy atom. The average Bonchev–Trinajstić information content (AvgIpc) is 2.88. The second-order valence-corrected chi connectivity index (χ2v) is 5.24. The standard InChI is InChI=1S/C15H22N4/c1-2-19(12-7-9-16-10-8-12)11-15-17-13-5-3-4-6-14(13)18-15/h3-6,12,16H,2,7-11H2,1H3,(H,17,18). The number of aromatic amines is 1. The molecule has 0 spiro atoms. The lowest BCUT2D eigenvalue weighted by Gasteiger charge is -2.33. The van der Waals surface area contributed by atoms with Crippen molar-refractivity contribution in [3.63, 3.8) is 0 Å². The Kier molecular flexibility index (Phi) is 3.80. The molecule has 2 aromatic rings. The van der Waals surface area contributed by atoms with Crippen LogP contribution in [0.4, 0.5) is 0 Å². The van der Waals surface area contributed by atoms with E-state index in [4.69, 9.17) is 0 Å². The van der Waals surface area contributed by atoms with E-state index in [1.165, 1.54) is 12.8 Å². The lowest BCUT2D eigenvalue weighted by molar-refractivity contribution is 0.159. The zero-order valence-electron chi connectivity index (χ0n) is 11.5. The maximum atomic E-state index is 4.68. The molecule has 0 saturated carbocycles. The van der Waals surface area contributed by atoms with Crippen molar-refractivity contribution in [3.05, 3.63) is 30.1 Å². The number of nitrogens with one attached hydrogen (secondary N) is 2. The number of para-hydroxylation sites is 2. The van der Waals surface area contributed by atoms with Gasteiger partial charge in [0, 0.05) is 6.04 Å². The van der Waals surface area contributed by atoms with Crippen LogP contribution in [0, 0.1) is 0 Å². The Morgan fingerprint density at radius 3 is 2.79 bits per heavy atom. The van der Waals surface area contributed by atoms with Crippen LogP contribution in [0.15, 0.2) is 24.3 Å². The van der Waals surface area contributed by atoms with E-state index in [0.29, 0.717) is 6.04 Å². The summed E-state index contributed by atoms with van der Waals surface area (Å²) in [5.41, 5.74) is 2.21. The van der Waals surface area contributed by atoms with Crippen molar-refractivity contribution < 1.29 is 0 Å². The van der Waals surface area contributed by atoms with Crippen LogP contribution >= 0.6 is 0 Å². The van der Waals surface area contributed by atoms with Gasteiger partial charge in [-0.3, -0.25) is 4.90 Å². The van der Waals surface area contributed by atoms with Gasteiger partial charge in [0.15, 0.2) is 0 Å². The number of fused-ring (bicyclic) bond motifs is 1. The van der Waals surface area contributed by atoms with Crippen molar-refractivity contribution in [3.8, 4) is 0 Å². The van der Waals surface area contributed by atoms with Crippen LogP contribution in [0.3, 0.4) is 0 Å². The molecule has 0 amide bonds. The van der Waals surface area contributed by atoms with Crippen LogP contribution in [-0.2, 0) is 6.54 Å². The number of benzene rings is 1. The van der Waals surface area contributed by atoms with Gasteiger partial charge in [-0.05, 0) is 44.6 Å². The summed E-state index contributed by atoms with van der Waals surface area (Å²) in [7, 11) is 0. The average molecular weight is 258 g/mol. The zero-order valence-corrected chi connectivity index (χ0v) is 11.5. The summed E-state index contributed by atoms with van der Waals surface area (Å²) in [5.74, 6) is 1.08. The summed E-state index contributed by atoms with van der Waals surface area (Å²) in [6, 6.07) is 8.94. The van der Waals surface area contributed by atoms with E-state index in [1.54, 1.807) is 0 Å². The molecule has 4 heteroatoms. The van der Waals surface area contributed by atoms with E-state index >= 15 is 0 Å². The molecule has 1 saturated heterocycles. The SMILES string of the molecule is CCN(Cc1nc2ccccc2[nH]1)C1CCNCC1. The number of aromatic nitrogens is 2. The van der Waals surface area contributed by atoms with Crippen LogP contribution in [0.5, 0.6) is 0 Å². The van der Waals surface area contributed by atoms with E-state index < -0.39 is 0 Å². The van der Waals surface area contributed by atoms with Gasteiger partial charge in [-0.15, -0.1) is 0 Å². The van der Waals surface area contributed by atoms with Crippen LogP contribution in [0.1, 0.15) is 25.6 Å². The zero-order chi connectivity index (χ0) is 13.1. The van der Waals surface area contributed by atoms with Crippen LogP contribution in [-0.4, -0.2) is 40.5 Å². The Balaban J connectivity index is 1.74.